The summed E-state index contributed by atoms with van der Waals surface area (Å²) in [6.45, 7) is 1.60. The maximum absolute atomic E-state index is 13.2. The molecule has 0 spiro atoms. The van der Waals surface area contributed by atoms with Crippen LogP contribution >= 0.6 is 11.3 Å². The van der Waals surface area contributed by atoms with E-state index in [9.17, 15) is 4.79 Å². The highest BCUT2D eigenvalue weighted by atomic mass is 32.1. The molecule has 36 heavy (non-hydrogen) atoms. The molecular formula is C26H27N7O2S. The fourth-order valence-electron chi connectivity index (χ4n) is 5.02. The summed E-state index contributed by atoms with van der Waals surface area (Å²) in [7, 11) is 3.57. The Kier molecular flexibility index (Phi) is 5.88. The van der Waals surface area contributed by atoms with E-state index in [0.717, 1.165) is 76.8 Å². The van der Waals surface area contributed by atoms with E-state index in [2.05, 4.69) is 25.3 Å². The van der Waals surface area contributed by atoms with Crippen molar-refractivity contribution in [2.75, 3.05) is 26.0 Å². The molecule has 184 valence electrons. The summed E-state index contributed by atoms with van der Waals surface area (Å²) >= 11 is 1.68. The lowest BCUT2D eigenvalue weighted by Gasteiger charge is -2.27. The van der Waals surface area contributed by atoms with Gasteiger partial charge < -0.3 is 19.5 Å². The number of imidazole rings is 1. The van der Waals surface area contributed by atoms with Gasteiger partial charge in [-0.1, -0.05) is 0 Å². The highest BCUT2D eigenvalue weighted by molar-refractivity contribution is 7.19. The van der Waals surface area contributed by atoms with E-state index in [1.54, 1.807) is 31.0 Å². The Morgan fingerprint density at radius 1 is 1.33 bits per heavy atom. The van der Waals surface area contributed by atoms with Crippen molar-refractivity contribution in [2.24, 2.45) is 10.9 Å². The second-order valence-corrected chi connectivity index (χ2v) is 10.3. The predicted octanol–water partition coefficient (Wildman–Crippen LogP) is 2.66. The molecule has 1 aliphatic heterocycles. The molecule has 0 fully saturated rings. The van der Waals surface area contributed by atoms with E-state index in [4.69, 9.17) is 4.74 Å². The lowest BCUT2D eigenvalue weighted by atomic mass is 9.87. The first kappa shape index (κ1) is 22.7. The van der Waals surface area contributed by atoms with Crippen molar-refractivity contribution in [2.45, 2.75) is 32.2 Å². The lowest BCUT2D eigenvalue weighted by Crippen LogP contribution is -2.36. The minimum Gasteiger partial charge on any atom is -0.494 e. The van der Waals surface area contributed by atoms with E-state index in [-0.39, 0.29) is 11.8 Å². The van der Waals surface area contributed by atoms with Gasteiger partial charge in [-0.3, -0.25) is 9.79 Å². The predicted molar refractivity (Wildman–Crippen MR) is 139 cm³/mol. The number of amides is 1. The van der Waals surface area contributed by atoms with Crippen molar-refractivity contribution >= 4 is 45.2 Å². The number of anilines is 2. The SMILES string of the molecule is COc1cc2c(cc1Nc1ncnc3sc4c(c13)CCC(C(=O)N(C)CCCn1ccnc1)C4)=CN=2. The van der Waals surface area contributed by atoms with Crippen LogP contribution in [0.1, 0.15) is 23.3 Å². The molecule has 1 unspecified atom stereocenters. The summed E-state index contributed by atoms with van der Waals surface area (Å²) in [6.07, 6.45) is 12.3. The van der Waals surface area contributed by atoms with E-state index >= 15 is 0 Å². The van der Waals surface area contributed by atoms with Gasteiger partial charge in [0.15, 0.2) is 0 Å². The third kappa shape index (κ3) is 4.11. The maximum Gasteiger partial charge on any atom is 0.225 e. The summed E-state index contributed by atoms with van der Waals surface area (Å²) < 4.78 is 7.62. The molecule has 1 atom stereocenters. The van der Waals surface area contributed by atoms with Crippen LogP contribution in [0.5, 0.6) is 5.75 Å². The van der Waals surface area contributed by atoms with E-state index < -0.39 is 0 Å². The molecule has 10 heteroatoms. The van der Waals surface area contributed by atoms with E-state index in [0.29, 0.717) is 0 Å². The van der Waals surface area contributed by atoms with Crippen molar-refractivity contribution in [1.29, 1.82) is 0 Å². The lowest BCUT2D eigenvalue weighted by molar-refractivity contribution is -0.134. The molecule has 1 aliphatic carbocycles. The third-order valence-corrected chi connectivity index (χ3v) is 8.15. The van der Waals surface area contributed by atoms with Gasteiger partial charge in [-0.2, -0.15) is 0 Å². The maximum atomic E-state index is 13.2. The molecular weight excluding hydrogens is 474 g/mol. The first-order chi connectivity index (χ1) is 17.6. The van der Waals surface area contributed by atoms with Crippen LogP contribution in [-0.4, -0.2) is 51.0 Å². The molecule has 6 rings (SSSR count). The highest BCUT2D eigenvalue weighted by Crippen LogP contribution is 2.41. The van der Waals surface area contributed by atoms with Gasteiger partial charge in [0.2, 0.25) is 5.91 Å². The highest BCUT2D eigenvalue weighted by Gasteiger charge is 2.30. The number of aryl methyl sites for hydroxylation is 2. The first-order valence-electron chi connectivity index (χ1n) is 12.1. The molecule has 3 aromatic heterocycles. The molecule has 4 aromatic rings. The quantitative estimate of drug-likeness (QED) is 0.399. The van der Waals surface area contributed by atoms with Gasteiger partial charge in [0.05, 0.1) is 29.9 Å². The number of nitrogens with one attached hydrogen (secondary N) is 1. The topological polar surface area (TPSA) is 97.5 Å². The van der Waals surface area contributed by atoms with E-state index in [1.165, 1.54) is 10.4 Å². The minimum atomic E-state index is 0.000479. The number of hydrogen-bond donors (Lipinski definition) is 1. The molecule has 0 saturated carbocycles. The number of hydrogen-bond acceptors (Lipinski definition) is 8. The van der Waals surface area contributed by atoms with Crippen molar-refractivity contribution in [3.63, 3.8) is 0 Å². The zero-order valence-electron chi connectivity index (χ0n) is 20.3. The fraction of sp³-hybridized carbons (Fsp3) is 0.346. The number of methoxy groups -OCH3 is 1. The molecule has 2 aliphatic rings. The van der Waals surface area contributed by atoms with Crippen molar-refractivity contribution in [1.82, 2.24) is 24.4 Å². The second kappa shape index (κ2) is 9.34. The Labute approximate surface area is 212 Å². The number of thiophene rings is 1. The number of nitrogens with zero attached hydrogens (tertiary/aromatic N) is 6. The summed E-state index contributed by atoms with van der Waals surface area (Å²) in [6, 6.07) is 3.96. The summed E-state index contributed by atoms with van der Waals surface area (Å²) in [4.78, 5) is 34.7. The average Bonchev–Trinajstić information content (AvgIpc) is 3.53. The number of fused-ring (bicyclic) bond motifs is 4. The summed E-state index contributed by atoms with van der Waals surface area (Å²) in [5.41, 5.74) is 2.11. The van der Waals surface area contributed by atoms with Crippen LogP contribution in [0.2, 0.25) is 0 Å². The van der Waals surface area contributed by atoms with Gasteiger partial charge >= 0.3 is 0 Å². The van der Waals surface area contributed by atoms with Crippen LogP contribution < -0.4 is 20.6 Å². The summed E-state index contributed by atoms with van der Waals surface area (Å²) in [5, 5.41) is 6.54. The number of benzene rings is 1. The van der Waals surface area contributed by atoms with Crippen LogP contribution in [0.4, 0.5) is 11.5 Å². The number of aromatic nitrogens is 4. The van der Waals surface area contributed by atoms with Crippen LogP contribution in [0.3, 0.4) is 0 Å². The Morgan fingerprint density at radius 2 is 2.25 bits per heavy atom. The molecule has 9 nitrogen and oxygen atoms in total. The zero-order valence-corrected chi connectivity index (χ0v) is 21.1. The van der Waals surface area contributed by atoms with Gasteiger partial charge in [0.1, 0.15) is 22.7 Å². The van der Waals surface area contributed by atoms with Gasteiger partial charge in [-0.25, -0.2) is 15.0 Å². The largest absolute Gasteiger partial charge is 0.494 e. The summed E-state index contributed by atoms with van der Waals surface area (Å²) in [5.74, 6) is 1.72. The average molecular weight is 502 g/mol. The Bertz CT molecular complexity index is 1560. The van der Waals surface area contributed by atoms with Crippen LogP contribution in [0.15, 0.2) is 42.2 Å². The monoisotopic (exact) mass is 501 g/mol. The molecule has 4 heterocycles. The number of carbonyl (C=O) groups excluding carboxylic acids is 1. The molecule has 0 saturated heterocycles. The Balaban J connectivity index is 1.20. The zero-order chi connectivity index (χ0) is 24.6. The molecule has 1 N–H and O–H groups in total. The first-order valence-corrected chi connectivity index (χ1v) is 12.9. The number of ether oxygens (including phenoxy) is 1. The Morgan fingerprint density at radius 3 is 3.03 bits per heavy atom. The standard InChI is InChI=1S/C26H27N7O2S/c1-32(7-3-8-33-9-6-27-15-33)26(34)16-4-5-18-22(11-16)36-25-23(18)24(29-14-30-25)31-20-10-17-13-28-19(17)12-21(20)35-2/h6,9-10,12-16H,3-5,7-8,11H2,1-2H3,(H,29,30,31). The van der Waals surface area contributed by atoms with Crippen molar-refractivity contribution in [3.05, 3.63) is 58.2 Å². The molecule has 0 bridgehead atoms. The van der Waals surface area contributed by atoms with Crippen molar-refractivity contribution < 1.29 is 9.53 Å². The van der Waals surface area contributed by atoms with Gasteiger partial charge in [0.25, 0.3) is 0 Å². The normalized spacial score (nSPS) is 15.8. The van der Waals surface area contributed by atoms with Crippen LogP contribution in [0.25, 0.3) is 16.4 Å². The molecule has 0 radical (unpaired) electrons. The second-order valence-electron chi connectivity index (χ2n) is 9.25. The Hall–Kier alpha value is -3.79. The number of carbonyl (C=O) groups is 1. The smallest absolute Gasteiger partial charge is 0.225 e. The van der Waals surface area contributed by atoms with Gasteiger partial charge in [0, 0.05) is 60.8 Å². The fourth-order valence-corrected chi connectivity index (χ4v) is 6.28. The van der Waals surface area contributed by atoms with Crippen LogP contribution in [0, 0.1) is 5.92 Å². The third-order valence-electron chi connectivity index (χ3n) is 6.98. The number of rotatable bonds is 8. The molecule has 1 amide bonds. The van der Waals surface area contributed by atoms with Crippen molar-refractivity contribution in [3.8, 4) is 5.75 Å². The molecule has 1 aromatic carbocycles. The van der Waals surface area contributed by atoms with Gasteiger partial charge in [-0.05, 0) is 37.3 Å². The van der Waals surface area contributed by atoms with Crippen LogP contribution in [-0.2, 0) is 24.2 Å². The minimum absolute atomic E-state index is 0.000479. The van der Waals surface area contributed by atoms with Gasteiger partial charge in [-0.15, -0.1) is 11.3 Å². The van der Waals surface area contributed by atoms with E-state index in [1.807, 2.05) is 47.4 Å².